The van der Waals surface area contributed by atoms with Crippen molar-refractivity contribution in [3.63, 3.8) is 0 Å². The molecule has 19 heavy (non-hydrogen) atoms. The normalized spacial score (nSPS) is 11.0. The van der Waals surface area contributed by atoms with Gasteiger partial charge in [0, 0.05) is 23.6 Å². The van der Waals surface area contributed by atoms with Crippen LogP contribution in [0.1, 0.15) is 10.4 Å². The smallest absolute Gasteiger partial charge is 0.255 e. The second-order valence-corrected chi connectivity index (χ2v) is 5.32. The number of carbonyl (C=O) groups is 1. The van der Waals surface area contributed by atoms with Gasteiger partial charge in [-0.25, -0.2) is 13.6 Å². The van der Waals surface area contributed by atoms with Gasteiger partial charge < -0.3 is 5.32 Å². The number of aromatic nitrogens is 1. The summed E-state index contributed by atoms with van der Waals surface area (Å²) in [5.41, 5.74) is 0.944. The summed E-state index contributed by atoms with van der Waals surface area (Å²) >= 11 is 0. The first-order chi connectivity index (χ1) is 8.97. The van der Waals surface area contributed by atoms with E-state index in [4.69, 9.17) is 5.14 Å². The number of anilines is 1. The first-order valence-corrected chi connectivity index (χ1v) is 6.86. The summed E-state index contributed by atoms with van der Waals surface area (Å²) in [6.45, 7) is 0. The van der Waals surface area contributed by atoms with Crippen molar-refractivity contribution >= 4 is 21.6 Å². The minimum absolute atomic E-state index is 0.00518. The first kappa shape index (κ1) is 13.2. The predicted octanol–water partition coefficient (Wildman–Crippen LogP) is 0.981. The third-order valence-electron chi connectivity index (χ3n) is 2.38. The first-order valence-electron chi connectivity index (χ1n) is 5.31. The van der Waals surface area contributed by atoms with Gasteiger partial charge in [-0.15, -0.1) is 0 Å². The molecule has 1 aromatic heterocycles. The number of pyridine rings is 1. The number of nitrogens with two attached hydrogens (primary N) is 1. The standard InChI is InChI=1S/C12H11N3O3S/c13-19(17,18)11-3-1-10(2-4-11)15-12(16)9-5-7-14-8-6-9/h1-8H,(H,15,16)(H2,13,17,18). The van der Waals surface area contributed by atoms with Crippen molar-refractivity contribution in [3.05, 3.63) is 54.4 Å². The van der Waals surface area contributed by atoms with Crippen LogP contribution in [0.15, 0.2) is 53.7 Å². The van der Waals surface area contributed by atoms with Crippen molar-refractivity contribution in [3.8, 4) is 0 Å². The highest BCUT2D eigenvalue weighted by molar-refractivity contribution is 7.89. The number of hydrogen-bond donors (Lipinski definition) is 2. The number of benzene rings is 1. The molecule has 0 atom stereocenters. The van der Waals surface area contributed by atoms with E-state index in [9.17, 15) is 13.2 Å². The molecule has 3 N–H and O–H groups in total. The van der Waals surface area contributed by atoms with E-state index in [1.807, 2.05) is 0 Å². The highest BCUT2D eigenvalue weighted by atomic mass is 32.2. The fourth-order valence-electron chi connectivity index (χ4n) is 1.43. The van der Waals surface area contributed by atoms with Gasteiger partial charge in [0.05, 0.1) is 4.90 Å². The molecule has 2 aromatic rings. The number of sulfonamides is 1. The second-order valence-electron chi connectivity index (χ2n) is 3.76. The largest absolute Gasteiger partial charge is 0.322 e. The van der Waals surface area contributed by atoms with E-state index in [0.717, 1.165) is 0 Å². The fourth-order valence-corrected chi connectivity index (χ4v) is 1.95. The predicted molar refractivity (Wildman–Crippen MR) is 70.0 cm³/mol. The second kappa shape index (κ2) is 5.17. The lowest BCUT2D eigenvalue weighted by molar-refractivity contribution is 0.102. The van der Waals surface area contributed by atoms with Gasteiger partial charge in [0.15, 0.2) is 0 Å². The van der Waals surface area contributed by atoms with Crippen molar-refractivity contribution in [2.75, 3.05) is 5.32 Å². The highest BCUT2D eigenvalue weighted by Crippen LogP contribution is 2.13. The maximum atomic E-state index is 11.8. The molecule has 2 rings (SSSR count). The van der Waals surface area contributed by atoms with Gasteiger partial charge in [-0.2, -0.15) is 0 Å². The molecule has 1 amide bonds. The fraction of sp³-hybridized carbons (Fsp3) is 0. The van der Waals surface area contributed by atoms with Crippen molar-refractivity contribution < 1.29 is 13.2 Å². The van der Waals surface area contributed by atoms with Crippen LogP contribution < -0.4 is 10.5 Å². The Morgan fingerprint density at radius 3 is 2.16 bits per heavy atom. The number of rotatable bonds is 3. The highest BCUT2D eigenvalue weighted by Gasteiger charge is 2.08. The summed E-state index contributed by atoms with van der Waals surface area (Å²) < 4.78 is 22.1. The molecule has 0 aliphatic carbocycles. The Bertz CT molecular complexity index is 682. The van der Waals surface area contributed by atoms with E-state index in [-0.39, 0.29) is 10.8 Å². The van der Waals surface area contributed by atoms with Gasteiger partial charge in [-0.05, 0) is 36.4 Å². The van der Waals surface area contributed by atoms with E-state index in [1.165, 1.54) is 36.7 Å². The summed E-state index contributed by atoms with van der Waals surface area (Å²) in [6.07, 6.45) is 3.03. The van der Waals surface area contributed by atoms with Crippen LogP contribution in [0.4, 0.5) is 5.69 Å². The van der Waals surface area contributed by atoms with E-state index in [1.54, 1.807) is 12.1 Å². The summed E-state index contributed by atoms with van der Waals surface area (Å²) in [6, 6.07) is 8.76. The Morgan fingerprint density at radius 1 is 1.05 bits per heavy atom. The lowest BCUT2D eigenvalue weighted by atomic mass is 10.2. The van der Waals surface area contributed by atoms with Crippen molar-refractivity contribution in [1.29, 1.82) is 0 Å². The monoisotopic (exact) mass is 277 g/mol. The number of nitrogens with zero attached hydrogens (tertiary/aromatic N) is 1. The van der Waals surface area contributed by atoms with Gasteiger partial charge in [-0.3, -0.25) is 9.78 Å². The molecule has 98 valence electrons. The third kappa shape index (κ3) is 3.36. The Kier molecular flexibility index (Phi) is 3.59. The van der Waals surface area contributed by atoms with Crippen LogP contribution in [0.25, 0.3) is 0 Å². The number of nitrogens with one attached hydrogen (secondary N) is 1. The lowest BCUT2D eigenvalue weighted by Crippen LogP contribution is -2.13. The molecule has 0 spiro atoms. The van der Waals surface area contributed by atoms with E-state index in [2.05, 4.69) is 10.3 Å². The van der Waals surface area contributed by atoms with E-state index >= 15 is 0 Å². The molecule has 0 aliphatic rings. The zero-order valence-electron chi connectivity index (χ0n) is 9.78. The maximum Gasteiger partial charge on any atom is 0.255 e. The van der Waals surface area contributed by atoms with Crippen LogP contribution in [-0.2, 0) is 10.0 Å². The number of amides is 1. The maximum absolute atomic E-state index is 11.8. The molecule has 0 radical (unpaired) electrons. The molecule has 0 aliphatic heterocycles. The summed E-state index contributed by atoms with van der Waals surface area (Å²) in [7, 11) is -3.72. The average molecular weight is 277 g/mol. The molecule has 0 bridgehead atoms. The van der Waals surface area contributed by atoms with E-state index < -0.39 is 10.0 Å². The van der Waals surface area contributed by atoms with Crippen LogP contribution in [0, 0.1) is 0 Å². The lowest BCUT2D eigenvalue weighted by Gasteiger charge is -2.05. The van der Waals surface area contributed by atoms with Gasteiger partial charge >= 0.3 is 0 Å². The molecular weight excluding hydrogens is 266 g/mol. The van der Waals surface area contributed by atoms with Gasteiger partial charge in [-0.1, -0.05) is 0 Å². The zero-order chi connectivity index (χ0) is 13.9. The SMILES string of the molecule is NS(=O)(=O)c1ccc(NC(=O)c2ccncc2)cc1. The van der Waals surface area contributed by atoms with Gasteiger partial charge in [0.25, 0.3) is 5.91 Å². The zero-order valence-corrected chi connectivity index (χ0v) is 10.6. The topological polar surface area (TPSA) is 102 Å². The van der Waals surface area contributed by atoms with Crippen LogP contribution in [0.2, 0.25) is 0 Å². The molecule has 0 fully saturated rings. The summed E-state index contributed by atoms with van der Waals surface area (Å²) in [5, 5.41) is 7.61. The van der Waals surface area contributed by atoms with Crippen molar-refractivity contribution in [1.82, 2.24) is 4.98 Å². The van der Waals surface area contributed by atoms with Crippen LogP contribution >= 0.6 is 0 Å². The molecule has 1 aromatic carbocycles. The van der Waals surface area contributed by atoms with Crippen molar-refractivity contribution in [2.24, 2.45) is 5.14 Å². The van der Waals surface area contributed by atoms with E-state index in [0.29, 0.717) is 11.3 Å². The Balaban J connectivity index is 2.15. The van der Waals surface area contributed by atoms with Crippen LogP contribution in [0.5, 0.6) is 0 Å². The third-order valence-corrected chi connectivity index (χ3v) is 3.31. The van der Waals surface area contributed by atoms with Crippen LogP contribution in [-0.4, -0.2) is 19.3 Å². The number of carbonyl (C=O) groups excluding carboxylic acids is 1. The van der Waals surface area contributed by atoms with Crippen molar-refractivity contribution in [2.45, 2.75) is 4.90 Å². The molecule has 0 saturated carbocycles. The minimum Gasteiger partial charge on any atom is -0.322 e. The average Bonchev–Trinajstić information content (AvgIpc) is 2.39. The minimum atomic E-state index is -3.72. The molecule has 7 heteroatoms. The summed E-state index contributed by atoms with van der Waals surface area (Å²) in [5.74, 6) is -0.300. The number of hydrogen-bond acceptors (Lipinski definition) is 4. The molecule has 6 nitrogen and oxygen atoms in total. The Morgan fingerprint density at radius 2 is 1.63 bits per heavy atom. The van der Waals surface area contributed by atoms with Crippen LogP contribution in [0.3, 0.4) is 0 Å². The molecular formula is C12H11N3O3S. The summed E-state index contributed by atoms with van der Waals surface area (Å²) in [4.78, 5) is 15.6. The number of primary sulfonamides is 1. The Labute approximate surface area is 110 Å². The molecule has 0 unspecified atom stereocenters. The van der Waals surface area contributed by atoms with Gasteiger partial charge in [0.1, 0.15) is 0 Å². The quantitative estimate of drug-likeness (QED) is 0.873. The molecule has 0 saturated heterocycles. The molecule has 1 heterocycles. The Hall–Kier alpha value is -2.25. The van der Waals surface area contributed by atoms with Gasteiger partial charge in [0.2, 0.25) is 10.0 Å².